The first-order valence-electron chi connectivity index (χ1n) is 5.98. The number of aromatic amines is 1. The molecular formula is C15H12N2O2. The van der Waals surface area contributed by atoms with E-state index in [-0.39, 0.29) is 10.6 Å². The van der Waals surface area contributed by atoms with Crippen molar-refractivity contribution in [3.05, 3.63) is 64.3 Å². The van der Waals surface area contributed by atoms with Crippen molar-refractivity contribution in [1.82, 2.24) is 4.98 Å². The van der Waals surface area contributed by atoms with Crippen LogP contribution in [0.3, 0.4) is 0 Å². The number of aryl methyl sites for hydroxylation is 1. The lowest BCUT2D eigenvalue weighted by atomic mass is 10.0. The number of nitrogens with one attached hydrogen (secondary N) is 1. The fourth-order valence-corrected chi connectivity index (χ4v) is 2.27. The van der Waals surface area contributed by atoms with Crippen LogP contribution in [-0.2, 0) is 0 Å². The van der Waals surface area contributed by atoms with Gasteiger partial charge >= 0.3 is 0 Å². The standard InChI is InChI=1S/C15H12N2O2/c1-10-8-11(3-5-15(10)17(18)19)12-2-4-14-13(9-12)6-7-16-14/h2-9,16H,1H3. The van der Waals surface area contributed by atoms with Crippen LogP contribution in [0.4, 0.5) is 5.69 Å². The van der Waals surface area contributed by atoms with E-state index in [4.69, 9.17) is 0 Å². The van der Waals surface area contributed by atoms with Gasteiger partial charge in [0.1, 0.15) is 0 Å². The Labute approximate surface area is 109 Å². The van der Waals surface area contributed by atoms with E-state index in [1.807, 2.05) is 30.5 Å². The first-order valence-corrected chi connectivity index (χ1v) is 5.98. The van der Waals surface area contributed by atoms with Gasteiger partial charge in [-0.05, 0) is 53.8 Å². The molecule has 0 unspecified atom stereocenters. The molecular weight excluding hydrogens is 240 g/mol. The number of nitro benzene ring substituents is 1. The number of H-pyrrole nitrogens is 1. The molecule has 0 atom stereocenters. The lowest BCUT2D eigenvalue weighted by molar-refractivity contribution is -0.385. The number of hydrogen-bond donors (Lipinski definition) is 1. The van der Waals surface area contributed by atoms with Crippen LogP contribution >= 0.6 is 0 Å². The summed E-state index contributed by atoms with van der Waals surface area (Å²) in [6.45, 7) is 1.76. The molecule has 0 amide bonds. The Bertz CT molecular complexity index is 775. The third-order valence-electron chi connectivity index (χ3n) is 3.28. The molecule has 3 aromatic rings. The van der Waals surface area contributed by atoms with Crippen LogP contribution in [0.1, 0.15) is 5.56 Å². The monoisotopic (exact) mass is 252 g/mol. The van der Waals surface area contributed by atoms with Gasteiger partial charge in [0.25, 0.3) is 5.69 Å². The van der Waals surface area contributed by atoms with Crippen LogP contribution in [-0.4, -0.2) is 9.91 Å². The molecule has 4 nitrogen and oxygen atoms in total. The van der Waals surface area contributed by atoms with Gasteiger partial charge in [-0.3, -0.25) is 10.1 Å². The van der Waals surface area contributed by atoms with Crippen molar-refractivity contribution < 1.29 is 4.92 Å². The Hall–Kier alpha value is -2.62. The van der Waals surface area contributed by atoms with Crippen molar-refractivity contribution in [2.75, 3.05) is 0 Å². The summed E-state index contributed by atoms with van der Waals surface area (Å²) in [5, 5.41) is 11.9. The van der Waals surface area contributed by atoms with Gasteiger partial charge in [0, 0.05) is 23.3 Å². The molecule has 0 saturated carbocycles. The molecule has 19 heavy (non-hydrogen) atoms. The number of nitrogens with zero attached hydrogens (tertiary/aromatic N) is 1. The molecule has 94 valence electrons. The van der Waals surface area contributed by atoms with Gasteiger partial charge in [0.2, 0.25) is 0 Å². The van der Waals surface area contributed by atoms with Gasteiger partial charge < -0.3 is 4.98 Å². The highest BCUT2D eigenvalue weighted by Gasteiger charge is 2.11. The number of rotatable bonds is 2. The zero-order valence-electron chi connectivity index (χ0n) is 10.4. The van der Waals surface area contributed by atoms with Gasteiger partial charge in [-0.2, -0.15) is 0 Å². The minimum Gasteiger partial charge on any atom is -0.361 e. The zero-order valence-corrected chi connectivity index (χ0v) is 10.4. The van der Waals surface area contributed by atoms with Gasteiger partial charge in [-0.15, -0.1) is 0 Å². The fourth-order valence-electron chi connectivity index (χ4n) is 2.27. The quantitative estimate of drug-likeness (QED) is 0.552. The smallest absolute Gasteiger partial charge is 0.272 e. The summed E-state index contributed by atoms with van der Waals surface area (Å²) in [5.74, 6) is 0. The highest BCUT2D eigenvalue weighted by atomic mass is 16.6. The Balaban J connectivity index is 2.10. The lowest BCUT2D eigenvalue weighted by Gasteiger charge is -2.04. The molecule has 0 saturated heterocycles. The van der Waals surface area contributed by atoms with E-state index in [0.29, 0.717) is 5.56 Å². The van der Waals surface area contributed by atoms with Gasteiger partial charge in [-0.25, -0.2) is 0 Å². The molecule has 4 heteroatoms. The van der Waals surface area contributed by atoms with E-state index in [1.165, 1.54) is 0 Å². The van der Waals surface area contributed by atoms with Gasteiger partial charge in [-0.1, -0.05) is 6.07 Å². The van der Waals surface area contributed by atoms with E-state index in [0.717, 1.165) is 22.0 Å². The van der Waals surface area contributed by atoms with E-state index in [2.05, 4.69) is 11.1 Å². The van der Waals surface area contributed by atoms with Crippen molar-refractivity contribution in [2.45, 2.75) is 6.92 Å². The van der Waals surface area contributed by atoms with Crippen LogP contribution in [0.5, 0.6) is 0 Å². The van der Waals surface area contributed by atoms with Crippen molar-refractivity contribution in [3.8, 4) is 11.1 Å². The SMILES string of the molecule is Cc1cc(-c2ccc3[nH]ccc3c2)ccc1[N+](=O)[O-]. The predicted molar refractivity (Wildman–Crippen MR) is 75.1 cm³/mol. The topological polar surface area (TPSA) is 58.9 Å². The molecule has 1 aromatic heterocycles. The molecule has 0 aliphatic rings. The first-order chi connectivity index (χ1) is 9.15. The van der Waals surface area contributed by atoms with Crippen LogP contribution in [0, 0.1) is 17.0 Å². The van der Waals surface area contributed by atoms with Crippen molar-refractivity contribution >= 4 is 16.6 Å². The summed E-state index contributed by atoms with van der Waals surface area (Å²) >= 11 is 0. The van der Waals surface area contributed by atoms with Gasteiger partial charge in [0.05, 0.1) is 4.92 Å². The van der Waals surface area contributed by atoms with E-state index in [1.54, 1.807) is 19.1 Å². The predicted octanol–water partition coefficient (Wildman–Crippen LogP) is 4.05. The highest BCUT2D eigenvalue weighted by Crippen LogP contribution is 2.28. The molecule has 0 radical (unpaired) electrons. The number of aromatic nitrogens is 1. The number of fused-ring (bicyclic) bond motifs is 1. The molecule has 1 N–H and O–H groups in total. The maximum atomic E-state index is 10.8. The first kappa shape index (κ1) is 11.5. The summed E-state index contributed by atoms with van der Waals surface area (Å²) in [4.78, 5) is 13.6. The average molecular weight is 252 g/mol. The summed E-state index contributed by atoms with van der Waals surface area (Å²) in [7, 11) is 0. The normalized spacial score (nSPS) is 10.8. The third-order valence-corrected chi connectivity index (χ3v) is 3.28. The van der Waals surface area contributed by atoms with E-state index < -0.39 is 0 Å². The van der Waals surface area contributed by atoms with E-state index in [9.17, 15) is 10.1 Å². The second-order valence-electron chi connectivity index (χ2n) is 4.54. The Morgan fingerprint density at radius 2 is 1.79 bits per heavy atom. The Kier molecular flexibility index (Phi) is 2.56. The molecule has 0 spiro atoms. The molecule has 0 aliphatic heterocycles. The summed E-state index contributed by atoms with van der Waals surface area (Å²) in [6.07, 6.45) is 1.90. The largest absolute Gasteiger partial charge is 0.361 e. The fraction of sp³-hybridized carbons (Fsp3) is 0.0667. The number of nitro groups is 1. The molecule has 0 bridgehead atoms. The minimum absolute atomic E-state index is 0.159. The third kappa shape index (κ3) is 1.97. The average Bonchev–Trinajstić information content (AvgIpc) is 2.85. The molecule has 1 heterocycles. The van der Waals surface area contributed by atoms with Crippen molar-refractivity contribution in [1.29, 1.82) is 0 Å². The lowest BCUT2D eigenvalue weighted by Crippen LogP contribution is -1.91. The van der Waals surface area contributed by atoms with Crippen LogP contribution in [0.2, 0.25) is 0 Å². The van der Waals surface area contributed by atoms with E-state index >= 15 is 0 Å². The maximum absolute atomic E-state index is 10.8. The molecule has 3 rings (SSSR count). The van der Waals surface area contributed by atoms with Crippen molar-refractivity contribution in [3.63, 3.8) is 0 Å². The van der Waals surface area contributed by atoms with Crippen molar-refractivity contribution in [2.24, 2.45) is 0 Å². The number of hydrogen-bond acceptors (Lipinski definition) is 2. The van der Waals surface area contributed by atoms with Crippen LogP contribution < -0.4 is 0 Å². The maximum Gasteiger partial charge on any atom is 0.272 e. The van der Waals surface area contributed by atoms with Crippen LogP contribution in [0.15, 0.2) is 48.7 Å². The molecule has 0 fully saturated rings. The zero-order chi connectivity index (χ0) is 13.4. The second-order valence-corrected chi connectivity index (χ2v) is 4.54. The Morgan fingerprint density at radius 3 is 2.53 bits per heavy atom. The van der Waals surface area contributed by atoms with Crippen LogP contribution in [0.25, 0.3) is 22.0 Å². The second kappa shape index (κ2) is 4.24. The molecule has 2 aromatic carbocycles. The minimum atomic E-state index is -0.353. The number of benzene rings is 2. The summed E-state index contributed by atoms with van der Waals surface area (Å²) < 4.78 is 0. The summed E-state index contributed by atoms with van der Waals surface area (Å²) in [6, 6.07) is 13.3. The molecule has 0 aliphatic carbocycles. The summed E-state index contributed by atoms with van der Waals surface area (Å²) in [5.41, 5.74) is 3.97. The van der Waals surface area contributed by atoms with Gasteiger partial charge in [0.15, 0.2) is 0 Å². The highest BCUT2D eigenvalue weighted by molar-refractivity contribution is 5.85. The Morgan fingerprint density at radius 1 is 1.05 bits per heavy atom.